The van der Waals surface area contributed by atoms with Gasteiger partial charge in [-0.1, -0.05) is 6.42 Å². The first-order chi connectivity index (χ1) is 10.1. The van der Waals surface area contributed by atoms with E-state index in [9.17, 15) is 10.1 Å². The lowest BCUT2D eigenvalue weighted by Gasteiger charge is -2.38. The summed E-state index contributed by atoms with van der Waals surface area (Å²) in [5.41, 5.74) is 0. The highest BCUT2D eigenvalue weighted by atomic mass is 16.6. The molecule has 7 heteroatoms. The molecule has 0 aromatic carbocycles. The van der Waals surface area contributed by atoms with Crippen molar-refractivity contribution < 1.29 is 4.92 Å². The van der Waals surface area contributed by atoms with E-state index >= 15 is 0 Å². The Morgan fingerprint density at radius 3 is 2.86 bits per heavy atom. The van der Waals surface area contributed by atoms with Gasteiger partial charge < -0.3 is 10.2 Å². The molecule has 1 saturated carbocycles. The molecule has 3 rings (SSSR count). The van der Waals surface area contributed by atoms with Crippen LogP contribution in [0.1, 0.15) is 32.1 Å². The van der Waals surface area contributed by atoms with Crippen LogP contribution in [-0.2, 0) is 0 Å². The van der Waals surface area contributed by atoms with Gasteiger partial charge in [-0.2, -0.15) is 5.10 Å². The molecule has 0 aromatic heterocycles. The van der Waals surface area contributed by atoms with Crippen LogP contribution in [0.15, 0.2) is 5.10 Å². The minimum atomic E-state index is -0.672. The summed E-state index contributed by atoms with van der Waals surface area (Å²) in [6.45, 7) is 1.55. The molecule has 1 saturated heterocycles. The number of hydrogen-bond donors (Lipinski definition) is 1. The summed E-state index contributed by atoms with van der Waals surface area (Å²) in [5, 5.41) is 21.4. The standard InChI is InChI=1S/C14H25N5O2/c1-17(2)9-8-15-14-13(19(20)21)12-7-6-10-4-3-5-11(10)18(12)16-14/h10-13H,3-9H2,1-2H3,(H,15,16). The van der Waals surface area contributed by atoms with Gasteiger partial charge in [0, 0.05) is 18.0 Å². The van der Waals surface area contributed by atoms with Crippen LogP contribution in [0.2, 0.25) is 0 Å². The van der Waals surface area contributed by atoms with Gasteiger partial charge in [0.15, 0.2) is 5.84 Å². The molecule has 0 aromatic rings. The predicted octanol–water partition coefficient (Wildman–Crippen LogP) is 0.743. The highest BCUT2D eigenvalue weighted by Crippen LogP contribution is 2.42. The monoisotopic (exact) mass is 295 g/mol. The molecule has 0 spiro atoms. The number of hydrogen-bond acceptors (Lipinski definition) is 6. The lowest BCUT2D eigenvalue weighted by Crippen LogP contribution is -2.52. The van der Waals surface area contributed by atoms with Crippen LogP contribution in [0.4, 0.5) is 0 Å². The van der Waals surface area contributed by atoms with Gasteiger partial charge in [0.25, 0.3) is 6.04 Å². The summed E-state index contributed by atoms with van der Waals surface area (Å²) in [6, 6.07) is -0.283. The van der Waals surface area contributed by atoms with Gasteiger partial charge in [-0.05, 0) is 45.7 Å². The Balaban J connectivity index is 1.73. The number of nitrogens with one attached hydrogen (secondary N) is 1. The number of hydrazone groups is 1. The highest BCUT2D eigenvalue weighted by Gasteiger charge is 2.52. The summed E-state index contributed by atoms with van der Waals surface area (Å²) in [5.74, 6) is 1.26. The topological polar surface area (TPSA) is 74.0 Å². The average molecular weight is 295 g/mol. The largest absolute Gasteiger partial charge is 0.365 e. The molecule has 3 aliphatic rings. The maximum absolute atomic E-state index is 11.5. The zero-order valence-corrected chi connectivity index (χ0v) is 12.9. The van der Waals surface area contributed by atoms with E-state index in [4.69, 9.17) is 0 Å². The Kier molecular flexibility index (Phi) is 4.01. The van der Waals surface area contributed by atoms with Crippen molar-refractivity contribution in [3.8, 4) is 0 Å². The Morgan fingerprint density at radius 2 is 2.14 bits per heavy atom. The Bertz CT molecular complexity index is 439. The van der Waals surface area contributed by atoms with E-state index in [1.807, 2.05) is 14.1 Å². The van der Waals surface area contributed by atoms with E-state index in [-0.39, 0.29) is 11.0 Å². The van der Waals surface area contributed by atoms with Crippen LogP contribution >= 0.6 is 0 Å². The third-order valence-electron chi connectivity index (χ3n) is 5.09. The fourth-order valence-electron chi connectivity index (χ4n) is 4.07. The van der Waals surface area contributed by atoms with Gasteiger partial charge in [-0.15, -0.1) is 0 Å². The number of likely N-dealkylation sites (N-methyl/N-ethyl adjacent to an activating group) is 1. The molecule has 2 fully saturated rings. The van der Waals surface area contributed by atoms with Gasteiger partial charge >= 0.3 is 0 Å². The van der Waals surface area contributed by atoms with Crippen LogP contribution < -0.4 is 5.32 Å². The van der Waals surface area contributed by atoms with E-state index in [0.29, 0.717) is 24.3 Å². The summed E-state index contributed by atoms with van der Waals surface area (Å²) in [7, 11) is 3.99. The molecule has 7 nitrogen and oxygen atoms in total. The van der Waals surface area contributed by atoms with Crippen molar-refractivity contribution in [2.45, 2.75) is 50.2 Å². The van der Waals surface area contributed by atoms with Gasteiger partial charge in [-0.3, -0.25) is 15.1 Å². The highest BCUT2D eigenvalue weighted by molar-refractivity contribution is 5.88. The summed E-state index contributed by atoms with van der Waals surface area (Å²) in [4.78, 5) is 13.4. The second-order valence-electron chi connectivity index (χ2n) is 6.73. The van der Waals surface area contributed by atoms with Gasteiger partial charge in [0.05, 0.1) is 6.04 Å². The Labute approximate surface area is 125 Å². The summed E-state index contributed by atoms with van der Waals surface area (Å²) in [6.07, 6.45) is 5.66. The van der Waals surface area contributed by atoms with E-state index in [1.54, 1.807) is 0 Å². The van der Waals surface area contributed by atoms with Crippen LogP contribution in [-0.4, -0.2) is 66.0 Å². The molecular weight excluding hydrogens is 270 g/mol. The predicted molar refractivity (Wildman–Crippen MR) is 80.8 cm³/mol. The number of rotatable bonds is 4. The van der Waals surface area contributed by atoms with Crippen molar-refractivity contribution in [3.05, 3.63) is 10.1 Å². The van der Waals surface area contributed by atoms with Crippen LogP contribution in [0.3, 0.4) is 0 Å². The van der Waals surface area contributed by atoms with E-state index in [0.717, 1.165) is 25.8 Å². The molecule has 21 heavy (non-hydrogen) atoms. The second-order valence-corrected chi connectivity index (χ2v) is 6.73. The number of nitrogens with zero attached hydrogens (tertiary/aromatic N) is 4. The van der Waals surface area contributed by atoms with Gasteiger partial charge in [0.2, 0.25) is 0 Å². The molecule has 2 aliphatic heterocycles. The van der Waals surface area contributed by atoms with Crippen molar-refractivity contribution in [2.75, 3.05) is 27.2 Å². The molecule has 2 heterocycles. The molecular formula is C14H25N5O2. The Morgan fingerprint density at radius 1 is 1.33 bits per heavy atom. The van der Waals surface area contributed by atoms with Crippen LogP contribution in [0.5, 0.6) is 0 Å². The molecule has 0 bridgehead atoms. The number of nitro groups is 1. The zero-order valence-electron chi connectivity index (χ0n) is 12.9. The molecule has 4 unspecified atom stereocenters. The third kappa shape index (κ3) is 2.71. The maximum atomic E-state index is 11.5. The van der Waals surface area contributed by atoms with Crippen LogP contribution in [0, 0.1) is 16.0 Å². The lowest BCUT2D eigenvalue weighted by atomic mass is 9.87. The normalized spacial score (nSPS) is 34.6. The maximum Gasteiger partial charge on any atom is 0.292 e. The van der Waals surface area contributed by atoms with Gasteiger partial charge in [-0.25, -0.2) is 0 Å². The van der Waals surface area contributed by atoms with Gasteiger partial charge in [0.1, 0.15) is 6.04 Å². The van der Waals surface area contributed by atoms with Crippen molar-refractivity contribution in [3.63, 3.8) is 0 Å². The summed E-state index contributed by atoms with van der Waals surface area (Å²) < 4.78 is 0. The molecule has 0 radical (unpaired) electrons. The van der Waals surface area contributed by atoms with Crippen molar-refractivity contribution in [1.29, 1.82) is 0 Å². The minimum absolute atomic E-state index is 0.0405. The van der Waals surface area contributed by atoms with Crippen molar-refractivity contribution >= 4 is 5.84 Å². The Hall–Kier alpha value is -1.37. The fraction of sp³-hybridized carbons (Fsp3) is 0.929. The number of piperidine rings is 1. The quantitative estimate of drug-likeness (QED) is 0.612. The van der Waals surface area contributed by atoms with Crippen LogP contribution in [0.25, 0.3) is 0 Å². The average Bonchev–Trinajstić information content (AvgIpc) is 3.00. The fourth-order valence-corrected chi connectivity index (χ4v) is 4.07. The molecule has 4 atom stereocenters. The first-order valence-electron chi connectivity index (χ1n) is 7.97. The summed E-state index contributed by atoms with van der Waals surface area (Å²) >= 11 is 0. The molecule has 0 amide bonds. The van der Waals surface area contributed by atoms with E-state index < -0.39 is 6.04 Å². The van der Waals surface area contributed by atoms with Crippen molar-refractivity contribution in [1.82, 2.24) is 15.2 Å². The number of amidine groups is 1. The first-order valence-corrected chi connectivity index (χ1v) is 7.97. The lowest BCUT2D eigenvalue weighted by molar-refractivity contribution is -0.509. The minimum Gasteiger partial charge on any atom is -0.365 e. The SMILES string of the molecule is CN(C)CCNC1=NN2C3CCCC3CCC2C1[N+](=O)[O-]. The molecule has 1 N–H and O–H groups in total. The second kappa shape index (κ2) is 5.79. The molecule has 1 aliphatic carbocycles. The first kappa shape index (κ1) is 14.6. The van der Waals surface area contributed by atoms with E-state index in [2.05, 4.69) is 20.3 Å². The van der Waals surface area contributed by atoms with E-state index in [1.165, 1.54) is 12.8 Å². The zero-order chi connectivity index (χ0) is 15.0. The smallest absolute Gasteiger partial charge is 0.292 e. The number of fused-ring (bicyclic) bond motifs is 3. The van der Waals surface area contributed by atoms with Crippen molar-refractivity contribution in [2.24, 2.45) is 11.0 Å². The third-order valence-corrected chi connectivity index (χ3v) is 5.09. The molecule has 118 valence electrons.